The number of ether oxygens (including phenoxy) is 1. The van der Waals surface area contributed by atoms with Crippen molar-refractivity contribution in [2.24, 2.45) is 0 Å². The number of thiazole rings is 1. The van der Waals surface area contributed by atoms with Crippen LogP contribution in [0.5, 0.6) is 0 Å². The molecule has 15 heavy (non-hydrogen) atoms. The average Bonchev–Trinajstić information content (AvgIpc) is 2.48. The van der Waals surface area contributed by atoms with Crippen molar-refractivity contribution in [1.82, 2.24) is 4.98 Å². The molecule has 2 nitrogen and oxygen atoms in total. The number of hydrogen-bond acceptors (Lipinski definition) is 3. The molecule has 84 valence electrons. The first-order chi connectivity index (χ1) is 6.94. The smallest absolute Gasteiger partial charge is 0.135 e. The molecular formula is C12H19NOS. The van der Waals surface area contributed by atoms with Crippen molar-refractivity contribution in [3.8, 4) is 0 Å². The van der Waals surface area contributed by atoms with Crippen LogP contribution in [0.25, 0.3) is 5.76 Å². The number of hydrogen-bond donors (Lipinski definition) is 0. The maximum absolute atomic E-state index is 5.93. The van der Waals surface area contributed by atoms with Crippen LogP contribution in [-0.4, -0.2) is 10.6 Å². The molecule has 0 aromatic carbocycles. The minimum atomic E-state index is -0.155. The summed E-state index contributed by atoms with van der Waals surface area (Å²) < 4.78 is 5.93. The third-order valence-electron chi connectivity index (χ3n) is 1.77. The molecule has 0 aliphatic carbocycles. The normalized spacial score (nSPS) is 13.0. The lowest BCUT2D eigenvalue weighted by atomic mass is 10.2. The second kappa shape index (κ2) is 4.79. The van der Waals surface area contributed by atoms with Gasteiger partial charge in [-0.3, -0.25) is 0 Å². The minimum Gasteiger partial charge on any atom is -0.487 e. The summed E-state index contributed by atoms with van der Waals surface area (Å²) in [4.78, 5) is 5.39. The van der Waals surface area contributed by atoms with E-state index >= 15 is 0 Å². The lowest BCUT2D eigenvalue weighted by Gasteiger charge is -2.23. The second-order valence-corrected chi connectivity index (χ2v) is 5.31. The van der Waals surface area contributed by atoms with E-state index in [0.29, 0.717) is 0 Å². The molecule has 0 aliphatic heterocycles. The molecule has 0 spiro atoms. The van der Waals surface area contributed by atoms with E-state index in [1.807, 2.05) is 12.4 Å². The highest BCUT2D eigenvalue weighted by atomic mass is 32.1. The summed E-state index contributed by atoms with van der Waals surface area (Å²) in [6, 6.07) is 0. The fourth-order valence-corrected chi connectivity index (χ4v) is 2.02. The van der Waals surface area contributed by atoms with Crippen LogP contribution in [0, 0.1) is 6.92 Å². The number of nitrogens with zero attached hydrogens (tertiary/aromatic N) is 1. The minimum absolute atomic E-state index is 0.155. The van der Waals surface area contributed by atoms with Gasteiger partial charge in [0.2, 0.25) is 0 Å². The van der Waals surface area contributed by atoms with E-state index in [2.05, 4.69) is 38.8 Å². The lowest BCUT2D eigenvalue weighted by molar-refractivity contribution is 0.0970. The van der Waals surface area contributed by atoms with Gasteiger partial charge in [-0.25, -0.2) is 4.98 Å². The van der Waals surface area contributed by atoms with Gasteiger partial charge in [-0.1, -0.05) is 6.92 Å². The SMILES string of the molecule is CC/C=C(\OC(C)(C)C)c1scnc1C. The zero-order chi connectivity index (χ0) is 11.5. The summed E-state index contributed by atoms with van der Waals surface area (Å²) in [6.45, 7) is 10.3. The van der Waals surface area contributed by atoms with Crippen molar-refractivity contribution in [3.05, 3.63) is 22.2 Å². The zero-order valence-electron chi connectivity index (χ0n) is 10.1. The summed E-state index contributed by atoms with van der Waals surface area (Å²) in [5.74, 6) is 0.963. The first-order valence-corrected chi connectivity index (χ1v) is 6.11. The third kappa shape index (κ3) is 3.67. The second-order valence-electron chi connectivity index (χ2n) is 4.46. The molecule has 0 N–H and O–H groups in total. The van der Waals surface area contributed by atoms with Crippen LogP contribution in [0.4, 0.5) is 0 Å². The Balaban J connectivity index is 2.95. The van der Waals surface area contributed by atoms with Crippen molar-refractivity contribution in [2.45, 2.75) is 46.6 Å². The highest BCUT2D eigenvalue weighted by Crippen LogP contribution is 2.28. The van der Waals surface area contributed by atoms with Crippen LogP contribution >= 0.6 is 11.3 Å². The monoisotopic (exact) mass is 225 g/mol. The number of rotatable bonds is 3. The van der Waals surface area contributed by atoms with E-state index in [0.717, 1.165) is 22.8 Å². The first-order valence-electron chi connectivity index (χ1n) is 5.23. The lowest BCUT2D eigenvalue weighted by Crippen LogP contribution is -2.18. The standard InChI is InChI=1S/C12H19NOS/c1-6-7-10(14-12(3,4)5)11-9(2)13-8-15-11/h7-8H,6H2,1-5H3/b10-7-. The quantitative estimate of drug-likeness (QED) is 0.725. The molecule has 1 aromatic heterocycles. The Morgan fingerprint density at radius 2 is 2.20 bits per heavy atom. The Labute approximate surface area is 96.0 Å². The maximum Gasteiger partial charge on any atom is 0.135 e. The first kappa shape index (κ1) is 12.2. The van der Waals surface area contributed by atoms with Gasteiger partial charge in [0, 0.05) is 0 Å². The van der Waals surface area contributed by atoms with Gasteiger partial charge >= 0.3 is 0 Å². The van der Waals surface area contributed by atoms with Crippen LogP contribution in [-0.2, 0) is 4.74 Å². The van der Waals surface area contributed by atoms with E-state index in [9.17, 15) is 0 Å². The van der Waals surface area contributed by atoms with E-state index < -0.39 is 0 Å². The molecule has 0 radical (unpaired) electrons. The summed E-state index contributed by atoms with van der Waals surface area (Å²) in [5.41, 5.74) is 2.75. The molecule has 0 saturated heterocycles. The molecular weight excluding hydrogens is 206 g/mol. The van der Waals surface area contributed by atoms with Crippen LogP contribution in [0.3, 0.4) is 0 Å². The molecule has 0 saturated carbocycles. The fourth-order valence-electron chi connectivity index (χ4n) is 1.23. The van der Waals surface area contributed by atoms with Gasteiger partial charge in [0.15, 0.2) is 0 Å². The summed E-state index contributed by atoms with van der Waals surface area (Å²) in [5, 5.41) is 0. The average molecular weight is 225 g/mol. The van der Waals surface area contributed by atoms with Crippen molar-refractivity contribution in [3.63, 3.8) is 0 Å². The van der Waals surface area contributed by atoms with Crippen LogP contribution in [0.1, 0.15) is 44.7 Å². The zero-order valence-corrected chi connectivity index (χ0v) is 10.9. The van der Waals surface area contributed by atoms with Gasteiger partial charge in [0.25, 0.3) is 0 Å². The Hall–Kier alpha value is -0.830. The van der Waals surface area contributed by atoms with Crippen LogP contribution in [0.15, 0.2) is 11.6 Å². The Bertz CT molecular complexity index is 347. The van der Waals surface area contributed by atoms with Crippen molar-refractivity contribution < 1.29 is 4.74 Å². The van der Waals surface area contributed by atoms with Gasteiger partial charge in [0.05, 0.1) is 16.1 Å². The number of aryl methyl sites for hydroxylation is 1. The van der Waals surface area contributed by atoms with Crippen LogP contribution < -0.4 is 0 Å². The predicted octanol–water partition coefficient (Wildman–Crippen LogP) is 4.02. The Kier molecular flexibility index (Phi) is 3.91. The van der Waals surface area contributed by atoms with Crippen molar-refractivity contribution in [1.29, 1.82) is 0 Å². The fraction of sp³-hybridized carbons (Fsp3) is 0.583. The Morgan fingerprint density at radius 1 is 1.53 bits per heavy atom. The number of aromatic nitrogens is 1. The highest BCUT2D eigenvalue weighted by Gasteiger charge is 2.17. The molecule has 0 atom stereocenters. The molecule has 0 amide bonds. The summed E-state index contributed by atoms with van der Waals surface area (Å²) >= 11 is 1.63. The largest absolute Gasteiger partial charge is 0.487 e. The molecule has 1 aromatic rings. The van der Waals surface area contributed by atoms with Gasteiger partial charge in [-0.15, -0.1) is 11.3 Å². The van der Waals surface area contributed by atoms with Gasteiger partial charge in [0.1, 0.15) is 11.4 Å². The van der Waals surface area contributed by atoms with E-state index in [-0.39, 0.29) is 5.60 Å². The van der Waals surface area contributed by atoms with Gasteiger partial charge < -0.3 is 4.74 Å². The summed E-state index contributed by atoms with van der Waals surface area (Å²) in [7, 11) is 0. The predicted molar refractivity (Wildman–Crippen MR) is 66.0 cm³/mol. The van der Waals surface area contributed by atoms with E-state index in [4.69, 9.17) is 4.74 Å². The highest BCUT2D eigenvalue weighted by molar-refractivity contribution is 7.10. The van der Waals surface area contributed by atoms with Crippen molar-refractivity contribution in [2.75, 3.05) is 0 Å². The summed E-state index contributed by atoms with van der Waals surface area (Å²) in [6.07, 6.45) is 3.09. The molecule has 1 heterocycles. The van der Waals surface area contributed by atoms with Crippen molar-refractivity contribution >= 4 is 17.1 Å². The molecule has 1 rings (SSSR count). The van der Waals surface area contributed by atoms with Gasteiger partial charge in [-0.2, -0.15) is 0 Å². The maximum atomic E-state index is 5.93. The molecule has 0 aliphatic rings. The molecule has 0 fully saturated rings. The number of allylic oxidation sites excluding steroid dienone is 1. The Morgan fingerprint density at radius 3 is 2.60 bits per heavy atom. The van der Waals surface area contributed by atoms with E-state index in [1.165, 1.54) is 0 Å². The molecule has 0 bridgehead atoms. The van der Waals surface area contributed by atoms with E-state index in [1.54, 1.807) is 11.3 Å². The van der Waals surface area contributed by atoms with Gasteiger partial charge in [-0.05, 0) is 40.2 Å². The molecule has 0 unspecified atom stereocenters. The topological polar surface area (TPSA) is 22.1 Å². The molecule has 3 heteroatoms. The van der Waals surface area contributed by atoms with Crippen LogP contribution in [0.2, 0.25) is 0 Å². The third-order valence-corrected chi connectivity index (χ3v) is 2.72.